The van der Waals surface area contributed by atoms with Crippen LogP contribution in [0.3, 0.4) is 0 Å². The average molecular weight is 451 g/mol. The molecule has 4 rings (SSSR count). The van der Waals surface area contributed by atoms with E-state index in [1.165, 1.54) is 31.0 Å². The molecule has 162 valence electrons. The second kappa shape index (κ2) is 9.78. The molecular formula is C25H19F2NO3S. The third-order valence-electron chi connectivity index (χ3n) is 4.85. The first-order chi connectivity index (χ1) is 15.6. The minimum absolute atomic E-state index is 0.0813. The molecule has 0 spiro atoms. The molecule has 0 aliphatic carbocycles. The van der Waals surface area contributed by atoms with Gasteiger partial charge in [-0.25, -0.2) is 18.6 Å². The molecule has 0 fully saturated rings. The lowest BCUT2D eigenvalue weighted by Crippen LogP contribution is -2.10. The fourth-order valence-electron chi connectivity index (χ4n) is 3.22. The monoisotopic (exact) mass is 451 g/mol. The SMILES string of the molecule is COC(=O)c1c(SCc2ccccc2F)nc2ccccc2c1OCc1ccccc1F. The molecule has 3 aromatic carbocycles. The maximum Gasteiger partial charge on any atom is 0.344 e. The van der Waals surface area contributed by atoms with Crippen molar-refractivity contribution >= 4 is 28.6 Å². The highest BCUT2D eigenvalue weighted by Crippen LogP contribution is 2.37. The first kappa shape index (κ1) is 21.8. The number of carbonyl (C=O) groups is 1. The summed E-state index contributed by atoms with van der Waals surface area (Å²) in [5.41, 5.74) is 1.56. The fourth-order valence-corrected chi connectivity index (χ4v) is 4.23. The summed E-state index contributed by atoms with van der Waals surface area (Å²) in [6.07, 6.45) is 0. The average Bonchev–Trinajstić information content (AvgIpc) is 2.82. The molecule has 0 unspecified atom stereocenters. The highest BCUT2D eigenvalue weighted by atomic mass is 32.2. The molecule has 0 saturated heterocycles. The van der Waals surface area contributed by atoms with Gasteiger partial charge in [0.25, 0.3) is 0 Å². The molecule has 32 heavy (non-hydrogen) atoms. The largest absolute Gasteiger partial charge is 0.487 e. The van der Waals surface area contributed by atoms with Crippen molar-refractivity contribution in [2.75, 3.05) is 7.11 Å². The summed E-state index contributed by atoms with van der Waals surface area (Å²) in [4.78, 5) is 17.4. The molecule has 0 bridgehead atoms. The standard InChI is InChI=1S/C25H19F2NO3S/c1-30-25(29)22-23(31-14-16-8-2-5-11-19(16)26)18-10-4-7-13-21(18)28-24(22)32-15-17-9-3-6-12-20(17)27/h2-13H,14-15H2,1H3. The van der Waals surface area contributed by atoms with Crippen LogP contribution in [-0.2, 0) is 17.1 Å². The summed E-state index contributed by atoms with van der Waals surface area (Å²) in [5, 5.41) is 0.946. The van der Waals surface area contributed by atoms with Crippen molar-refractivity contribution in [3.8, 4) is 5.75 Å². The number of hydrogen-bond donors (Lipinski definition) is 0. The third-order valence-corrected chi connectivity index (χ3v) is 5.88. The molecule has 0 N–H and O–H groups in total. The van der Waals surface area contributed by atoms with E-state index in [4.69, 9.17) is 9.47 Å². The number of fused-ring (bicyclic) bond motifs is 1. The number of aromatic nitrogens is 1. The van der Waals surface area contributed by atoms with E-state index in [9.17, 15) is 13.6 Å². The highest BCUT2D eigenvalue weighted by molar-refractivity contribution is 7.98. The first-order valence-corrected chi connectivity index (χ1v) is 10.8. The van der Waals surface area contributed by atoms with Crippen molar-refractivity contribution in [1.29, 1.82) is 0 Å². The molecule has 0 atom stereocenters. The first-order valence-electron chi connectivity index (χ1n) is 9.82. The number of nitrogens with zero attached hydrogens (tertiary/aromatic N) is 1. The van der Waals surface area contributed by atoms with Crippen molar-refractivity contribution in [3.05, 3.63) is 101 Å². The third kappa shape index (κ3) is 4.57. The van der Waals surface area contributed by atoms with E-state index >= 15 is 0 Å². The zero-order chi connectivity index (χ0) is 22.5. The van der Waals surface area contributed by atoms with Crippen LogP contribution in [0.4, 0.5) is 8.78 Å². The lowest BCUT2D eigenvalue weighted by atomic mass is 10.1. The minimum Gasteiger partial charge on any atom is -0.487 e. The van der Waals surface area contributed by atoms with Gasteiger partial charge in [-0.3, -0.25) is 0 Å². The van der Waals surface area contributed by atoms with Gasteiger partial charge in [0.1, 0.15) is 34.6 Å². The Hall–Kier alpha value is -3.45. The molecule has 4 aromatic rings. The van der Waals surface area contributed by atoms with Gasteiger partial charge in [0.05, 0.1) is 12.6 Å². The van der Waals surface area contributed by atoms with Crippen LogP contribution in [0.1, 0.15) is 21.5 Å². The molecule has 0 aliphatic heterocycles. The van der Waals surface area contributed by atoms with Crippen LogP contribution in [0, 0.1) is 11.6 Å². The number of hydrogen-bond acceptors (Lipinski definition) is 5. The molecular weight excluding hydrogens is 432 g/mol. The Morgan fingerprint density at radius 3 is 2.22 bits per heavy atom. The van der Waals surface area contributed by atoms with Gasteiger partial charge in [0.15, 0.2) is 0 Å². The van der Waals surface area contributed by atoms with E-state index in [1.807, 2.05) is 6.07 Å². The smallest absolute Gasteiger partial charge is 0.344 e. The van der Waals surface area contributed by atoms with Gasteiger partial charge in [-0.1, -0.05) is 48.5 Å². The summed E-state index contributed by atoms with van der Waals surface area (Å²) in [7, 11) is 1.27. The number of carbonyl (C=O) groups excluding carboxylic acids is 1. The highest BCUT2D eigenvalue weighted by Gasteiger charge is 2.24. The van der Waals surface area contributed by atoms with Gasteiger partial charge < -0.3 is 9.47 Å². The van der Waals surface area contributed by atoms with E-state index < -0.39 is 11.8 Å². The number of benzene rings is 3. The van der Waals surface area contributed by atoms with Crippen LogP contribution < -0.4 is 4.74 Å². The minimum atomic E-state index is -0.636. The predicted octanol–water partition coefficient (Wildman–Crippen LogP) is 6.17. The Kier molecular flexibility index (Phi) is 6.66. The van der Waals surface area contributed by atoms with Crippen LogP contribution in [0.5, 0.6) is 5.75 Å². The topological polar surface area (TPSA) is 48.4 Å². The summed E-state index contributed by atoms with van der Waals surface area (Å²) < 4.78 is 39.2. The van der Waals surface area contributed by atoms with Gasteiger partial charge in [0.2, 0.25) is 0 Å². The summed E-state index contributed by atoms with van der Waals surface area (Å²) >= 11 is 1.21. The van der Waals surface area contributed by atoms with E-state index in [0.29, 0.717) is 27.1 Å². The number of esters is 1. The maximum atomic E-state index is 14.1. The molecule has 1 heterocycles. The van der Waals surface area contributed by atoms with Crippen molar-refractivity contribution in [3.63, 3.8) is 0 Å². The molecule has 7 heteroatoms. The number of halogens is 2. The number of methoxy groups -OCH3 is 1. The van der Waals surface area contributed by atoms with Crippen molar-refractivity contribution in [1.82, 2.24) is 4.98 Å². The van der Waals surface area contributed by atoms with E-state index in [-0.39, 0.29) is 29.5 Å². The van der Waals surface area contributed by atoms with Gasteiger partial charge in [-0.2, -0.15) is 0 Å². The lowest BCUT2D eigenvalue weighted by molar-refractivity contribution is 0.0590. The Bertz CT molecular complexity index is 1280. The molecule has 1 aromatic heterocycles. The Morgan fingerprint density at radius 2 is 1.53 bits per heavy atom. The quantitative estimate of drug-likeness (QED) is 0.248. The lowest BCUT2D eigenvalue weighted by Gasteiger charge is -2.16. The van der Waals surface area contributed by atoms with Crippen LogP contribution >= 0.6 is 11.8 Å². The fraction of sp³-hybridized carbons (Fsp3) is 0.120. The summed E-state index contributed by atoms with van der Waals surface area (Å²) in [6.45, 7) is -0.0813. The summed E-state index contributed by atoms with van der Waals surface area (Å²) in [5.74, 6) is -0.866. The Labute approximate surface area is 188 Å². The Morgan fingerprint density at radius 1 is 0.906 bits per heavy atom. The van der Waals surface area contributed by atoms with E-state index in [0.717, 1.165) is 0 Å². The van der Waals surface area contributed by atoms with Crippen molar-refractivity contribution in [2.24, 2.45) is 0 Å². The maximum absolute atomic E-state index is 14.1. The number of para-hydroxylation sites is 1. The van der Waals surface area contributed by atoms with Crippen LogP contribution in [0.25, 0.3) is 10.9 Å². The normalized spacial score (nSPS) is 10.8. The number of pyridine rings is 1. The van der Waals surface area contributed by atoms with Crippen LogP contribution in [0.15, 0.2) is 77.8 Å². The molecule has 0 radical (unpaired) electrons. The van der Waals surface area contributed by atoms with Gasteiger partial charge in [-0.05, 0) is 29.8 Å². The molecule has 4 nitrogen and oxygen atoms in total. The Balaban J connectivity index is 1.78. The van der Waals surface area contributed by atoms with Gasteiger partial charge in [0, 0.05) is 16.7 Å². The van der Waals surface area contributed by atoms with E-state index in [1.54, 1.807) is 54.6 Å². The number of rotatable bonds is 7. The van der Waals surface area contributed by atoms with E-state index in [2.05, 4.69) is 4.98 Å². The second-order valence-corrected chi connectivity index (χ2v) is 7.85. The van der Waals surface area contributed by atoms with Crippen LogP contribution in [-0.4, -0.2) is 18.1 Å². The molecule has 0 aliphatic rings. The van der Waals surface area contributed by atoms with Crippen molar-refractivity contribution in [2.45, 2.75) is 17.4 Å². The van der Waals surface area contributed by atoms with Crippen LogP contribution in [0.2, 0.25) is 0 Å². The molecule has 0 saturated carbocycles. The van der Waals surface area contributed by atoms with Gasteiger partial charge in [-0.15, -0.1) is 11.8 Å². The van der Waals surface area contributed by atoms with Crippen molar-refractivity contribution < 1.29 is 23.0 Å². The van der Waals surface area contributed by atoms with Gasteiger partial charge >= 0.3 is 5.97 Å². The second-order valence-electron chi connectivity index (χ2n) is 6.89. The zero-order valence-electron chi connectivity index (χ0n) is 17.2. The number of thioether (sulfide) groups is 1. The summed E-state index contributed by atoms with van der Waals surface area (Å²) in [6, 6.07) is 19.9. The number of ether oxygens (including phenoxy) is 2. The predicted molar refractivity (Wildman–Crippen MR) is 120 cm³/mol. The zero-order valence-corrected chi connectivity index (χ0v) is 18.0. The molecule has 0 amide bonds.